The number of fused-ring (bicyclic) bond motifs is 1. The van der Waals surface area contributed by atoms with Crippen LogP contribution in [-0.4, -0.2) is 30.5 Å². The standard InChI is InChI=1S/C19H21ClN4O/c1-19(2)17-5-13(20)3-4-16(17)18(25)24(19)15-6-14(10-22-11-15)23-9-12-7-21-8-12/h3-6,10-12,21,23H,7-9H2,1-2H3. The van der Waals surface area contributed by atoms with E-state index in [0.717, 1.165) is 36.6 Å². The molecule has 0 spiro atoms. The molecule has 25 heavy (non-hydrogen) atoms. The van der Waals surface area contributed by atoms with Gasteiger partial charge in [-0.1, -0.05) is 11.6 Å². The van der Waals surface area contributed by atoms with E-state index >= 15 is 0 Å². The minimum Gasteiger partial charge on any atom is -0.383 e. The van der Waals surface area contributed by atoms with E-state index in [0.29, 0.717) is 16.5 Å². The largest absolute Gasteiger partial charge is 0.383 e. The van der Waals surface area contributed by atoms with Crippen LogP contribution < -0.4 is 15.5 Å². The van der Waals surface area contributed by atoms with E-state index in [2.05, 4.69) is 15.6 Å². The van der Waals surface area contributed by atoms with Crippen molar-refractivity contribution >= 4 is 28.9 Å². The van der Waals surface area contributed by atoms with Gasteiger partial charge in [0, 0.05) is 36.1 Å². The van der Waals surface area contributed by atoms with Gasteiger partial charge in [0.15, 0.2) is 0 Å². The average molecular weight is 357 g/mol. The maximum Gasteiger partial charge on any atom is 0.259 e. The van der Waals surface area contributed by atoms with E-state index in [9.17, 15) is 4.79 Å². The molecule has 1 saturated heterocycles. The molecule has 130 valence electrons. The van der Waals surface area contributed by atoms with Gasteiger partial charge in [0.05, 0.1) is 29.3 Å². The van der Waals surface area contributed by atoms with Crippen LogP contribution in [0.4, 0.5) is 11.4 Å². The Bertz CT molecular complexity index is 832. The quantitative estimate of drug-likeness (QED) is 0.882. The highest BCUT2D eigenvalue weighted by Crippen LogP contribution is 2.42. The zero-order valence-electron chi connectivity index (χ0n) is 14.3. The SMILES string of the molecule is CC1(C)c2cc(Cl)ccc2C(=O)N1c1cncc(NCC2CNC2)c1. The summed E-state index contributed by atoms with van der Waals surface area (Å²) in [5.74, 6) is 0.638. The molecule has 4 rings (SSSR count). The number of nitrogens with one attached hydrogen (secondary N) is 2. The lowest BCUT2D eigenvalue weighted by molar-refractivity contribution is 0.0982. The lowest BCUT2D eigenvalue weighted by Crippen LogP contribution is -2.45. The molecule has 3 heterocycles. The highest BCUT2D eigenvalue weighted by molar-refractivity contribution is 6.31. The second kappa shape index (κ2) is 6.00. The summed E-state index contributed by atoms with van der Waals surface area (Å²) in [5, 5.41) is 7.33. The Balaban J connectivity index is 1.64. The van der Waals surface area contributed by atoms with Gasteiger partial charge in [0.25, 0.3) is 5.91 Å². The normalized spacial score (nSPS) is 18.8. The third-order valence-electron chi connectivity index (χ3n) is 5.08. The predicted molar refractivity (Wildman–Crippen MR) is 100 cm³/mol. The van der Waals surface area contributed by atoms with E-state index < -0.39 is 5.54 Å². The van der Waals surface area contributed by atoms with Crippen molar-refractivity contribution in [2.24, 2.45) is 5.92 Å². The number of carbonyl (C=O) groups is 1. The van der Waals surface area contributed by atoms with Gasteiger partial charge in [-0.25, -0.2) is 0 Å². The number of amides is 1. The molecule has 0 atom stereocenters. The van der Waals surface area contributed by atoms with Crippen molar-refractivity contribution in [3.05, 3.63) is 52.8 Å². The van der Waals surface area contributed by atoms with Crippen LogP contribution in [-0.2, 0) is 5.54 Å². The molecule has 1 fully saturated rings. The van der Waals surface area contributed by atoms with Gasteiger partial charge in [-0.2, -0.15) is 0 Å². The van der Waals surface area contributed by atoms with E-state index in [1.165, 1.54) is 0 Å². The molecule has 0 saturated carbocycles. The summed E-state index contributed by atoms with van der Waals surface area (Å²) in [7, 11) is 0. The van der Waals surface area contributed by atoms with Crippen molar-refractivity contribution in [2.45, 2.75) is 19.4 Å². The van der Waals surface area contributed by atoms with Gasteiger partial charge >= 0.3 is 0 Å². The van der Waals surface area contributed by atoms with Crippen molar-refractivity contribution < 1.29 is 4.79 Å². The van der Waals surface area contributed by atoms with E-state index in [1.54, 1.807) is 29.4 Å². The second-order valence-electron chi connectivity index (χ2n) is 7.23. The van der Waals surface area contributed by atoms with E-state index in [4.69, 9.17) is 11.6 Å². The molecule has 1 aromatic heterocycles. The number of carbonyl (C=O) groups excluding carboxylic acids is 1. The Hall–Kier alpha value is -2.11. The molecule has 0 bridgehead atoms. The number of halogens is 1. The summed E-state index contributed by atoms with van der Waals surface area (Å²) in [6, 6.07) is 7.45. The lowest BCUT2D eigenvalue weighted by atomic mass is 9.93. The molecule has 2 aliphatic heterocycles. The van der Waals surface area contributed by atoms with Crippen molar-refractivity contribution in [2.75, 3.05) is 29.9 Å². The molecule has 2 N–H and O–H groups in total. The Morgan fingerprint density at radius 3 is 2.84 bits per heavy atom. The maximum absolute atomic E-state index is 13.0. The summed E-state index contributed by atoms with van der Waals surface area (Å²) in [6.45, 7) is 7.08. The highest BCUT2D eigenvalue weighted by atomic mass is 35.5. The third-order valence-corrected chi connectivity index (χ3v) is 5.31. The summed E-state index contributed by atoms with van der Waals surface area (Å²) in [6.07, 6.45) is 3.54. The molecule has 1 amide bonds. The van der Waals surface area contributed by atoms with E-state index in [-0.39, 0.29) is 5.91 Å². The van der Waals surface area contributed by atoms with Gasteiger partial charge in [-0.15, -0.1) is 0 Å². The number of pyridine rings is 1. The number of hydrogen-bond acceptors (Lipinski definition) is 4. The van der Waals surface area contributed by atoms with Crippen LogP contribution in [0.5, 0.6) is 0 Å². The molecule has 5 nitrogen and oxygen atoms in total. The minimum atomic E-state index is -0.477. The fourth-order valence-corrected chi connectivity index (χ4v) is 3.72. The van der Waals surface area contributed by atoms with Gasteiger partial charge < -0.3 is 10.6 Å². The van der Waals surface area contributed by atoms with E-state index in [1.807, 2.05) is 26.0 Å². The number of anilines is 2. The highest BCUT2D eigenvalue weighted by Gasteiger charge is 2.44. The van der Waals surface area contributed by atoms with Gasteiger partial charge in [0.2, 0.25) is 0 Å². The summed E-state index contributed by atoms with van der Waals surface area (Å²) < 4.78 is 0. The van der Waals surface area contributed by atoms with Crippen LogP contribution in [0.1, 0.15) is 29.8 Å². The lowest BCUT2D eigenvalue weighted by Gasteiger charge is -2.32. The van der Waals surface area contributed by atoms with Crippen LogP contribution in [0.25, 0.3) is 0 Å². The van der Waals surface area contributed by atoms with Gasteiger partial charge in [-0.05, 0) is 43.7 Å². The molecule has 2 aromatic rings. The summed E-state index contributed by atoms with van der Waals surface area (Å²) in [4.78, 5) is 19.1. The monoisotopic (exact) mass is 356 g/mol. The van der Waals surface area contributed by atoms with Crippen molar-refractivity contribution in [1.29, 1.82) is 0 Å². The zero-order valence-corrected chi connectivity index (χ0v) is 15.1. The van der Waals surface area contributed by atoms with Gasteiger partial charge in [-0.3, -0.25) is 14.7 Å². The Morgan fingerprint density at radius 2 is 2.12 bits per heavy atom. The Kier molecular flexibility index (Phi) is 3.93. The summed E-state index contributed by atoms with van der Waals surface area (Å²) >= 11 is 6.15. The number of nitrogens with zero attached hydrogens (tertiary/aromatic N) is 2. The first-order valence-corrected chi connectivity index (χ1v) is 8.89. The fourth-order valence-electron chi connectivity index (χ4n) is 3.55. The number of hydrogen-bond donors (Lipinski definition) is 2. The zero-order chi connectivity index (χ0) is 17.6. The van der Waals surface area contributed by atoms with Crippen LogP contribution >= 0.6 is 11.6 Å². The molecule has 2 aliphatic rings. The fraction of sp³-hybridized carbons (Fsp3) is 0.368. The first kappa shape index (κ1) is 16.4. The van der Waals surface area contributed by atoms with Crippen molar-refractivity contribution in [3.63, 3.8) is 0 Å². The molecule has 1 aromatic carbocycles. The maximum atomic E-state index is 13.0. The smallest absolute Gasteiger partial charge is 0.259 e. The number of rotatable bonds is 4. The van der Waals surface area contributed by atoms with Crippen LogP contribution in [0.3, 0.4) is 0 Å². The molecular weight excluding hydrogens is 336 g/mol. The Morgan fingerprint density at radius 1 is 1.32 bits per heavy atom. The number of benzene rings is 1. The summed E-state index contributed by atoms with van der Waals surface area (Å²) in [5.41, 5.74) is 2.90. The van der Waals surface area contributed by atoms with Crippen molar-refractivity contribution in [1.82, 2.24) is 10.3 Å². The molecule has 0 radical (unpaired) electrons. The molecular formula is C19H21ClN4O. The van der Waals surface area contributed by atoms with Crippen LogP contribution in [0, 0.1) is 5.92 Å². The topological polar surface area (TPSA) is 57.3 Å². The molecule has 0 aliphatic carbocycles. The first-order valence-electron chi connectivity index (χ1n) is 8.51. The minimum absolute atomic E-state index is 0.0150. The Labute approximate surface area is 152 Å². The van der Waals surface area contributed by atoms with Crippen molar-refractivity contribution in [3.8, 4) is 0 Å². The molecule has 0 unspecified atom stereocenters. The predicted octanol–water partition coefficient (Wildman–Crippen LogP) is 3.26. The second-order valence-corrected chi connectivity index (χ2v) is 7.66. The average Bonchev–Trinajstić information content (AvgIpc) is 2.72. The number of aromatic nitrogens is 1. The third kappa shape index (κ3) is 2.77. The van der Waals surface area contributed by atoms with Gasteiger partial charge in [0.1, 0.15) is 0 Å². The first-order chi connectivity index (χ1) is 12.0. The molecule has 6 heteroatoms. The van der Waals surface area contributed by atoms with Crippen LogP contribution in [0.15, 0.2) is 36.7 Å². The van der Waals surface area contributed by atoms with Crippen LogP contribution in [0.2, 0.25) is 5.02 Å².